The molecule has 0 saturated carbocycles. The zero-order chi connectivity index (χ0) is 12.2. The molecule has 0 aliphatic heterocycles. The number of hydrogen-bond acceptors (Lipinski definition) is 3. The first-order valence-electron chi connectivity index (χ1n) is 5.47. The van der Waals surface area contributed by atoms with Crippen molar-refractivity contribution >= 4 is 0 Å². The highest BCUT2D eigenvalue weighted by atomic mass is 16.5. The van der Waals surface area contributed by atoms with Crippen molar-refractivity contribution in [1.29, 1.82) is 0 Å². The summed E-state index contributed by atoms with van der Waals surface area (Å²) in [4.78, 5) is 0. The number of ether oxygens (including phenoxy) is 1. The van der Waals surface area contributed by atoms with Gasteiger partial charge in [-0.3, -0.25) is 0 Å². The molecular formula is C13H20O3. The molecule has 0 amide bonds. The van der Waals surface area contributed by atoms with Crippen LogP contribution in [0.5, 0.6) is 5.75 Å². The van der Waals surface area contributed by atoms with E-state index in [1.807, 2.05) is 45.0 Å². The van der Waals surface area contributed by atoms with Crippen LogP contribution in [-0.2, 0) is 0 Å². The lowest BCUT2D eigenvalue weighted by molar-refractivity contribution is 0.0624. The molecule has 1 aromatic carbocycles. The second kappa shape index (κ2) is 5.32. The molecule has 16 heavy (non-hydrogen) atoms. The average Bonchev–Trinajstić information content (AvgIpc) is 2.24. The molecule has 1 atom stereocenters. The fourth-order valence-electron chi connectivity index (χ4n) is 1.44. The van der Waals surface area contributed by atoms with Crippen molar-refractivity contribution in [3.8, 4) is 5.75 Å². The number of rotatable bonds is 4. The molecule has 1 unspecified atom stereocenters. The highest BCUT2D eigenvalue weighted by Crippen LogP contribution is 2.33. The predicted octanol–water partition coefficient (Wildman–Crippen LogP) is 2.14. The summed E-state index contributed by atoms with van der Waals surface area (Å²) in [6.45, 7) is 6.22. The third-order valence-electron chi connectivity index (χ3n) is 2.35. The quantitative estimate of drug-likeness (QED) is 0.823. The zero-order valence-corrected chi connectivity index (χ0v) is 10.1. The van der Waals surface area contributed by atoms with E-state index in [1.165, 1.54) is 0 Å². The van der Waals surface area contributed by atoms with E-state index in [2.05, 4.69) is 0 Å². The third kappa shape index (κ3) is 3.51. The second-order valence-electron chi connectivity index (χ2n) is 4.91. The predicted molar refractivity (Wildman–Crippen MR) is 63.4 cm³/mol. The Labute approximate surface area is 96.7 Å². The molecule has 90 valence electrons. The minimum Gasteiger partial charge on any atom is -0.491 e. The zero-order valence-electron chi connectivity index (χ0n) is 10.1. The van der Waals surface area contributed by atoms with Gasteiger partial charge in [-0.2, -0.15) is 0 Å². The van der Waals surface area contributed by atoms with Gasteiger partial charge >= 0.3 is 0 Å². The van der Waals surface area contributed by atoms with Crippen molar-refractivity contribution in [2.45, 2.75) is 26.9 Å². The summed E-state index contributed by atoms with van der Waals surface area (Å²) in [7, 11) is 0. The fraction of sp³-hybridized carbons (Fsp3) is 0.538. The van der Waals surface area contributed by atoms with Crippen LogP contribution in [-0.4, -0.2) is 23.4 Å². The molecule has 0 aromatic heterocycles. The summed E-state index contributed by atoms with van der Waals surface area (Å²) >= 11 is 0. The van der Waals surface area contributed by atoms with E-state index in [-0.39, 0.29) is 18.6 Å². The van der Waals surface area contributed by atoms with Crippen molar-refractivity contribution in [2.24, 2.45) is 5.41 Å². The van der Waals surface area contributed by atoms with Gasteiger partial charge in [0.15, 0.2) is 0 Å². The first-order valence-corrected chi connectivity index (χ1v) is 5.47. The molecule has 0 aliphatic rings. The van der Waals surface area contributed by atoms with Crippen LogP contribution < -0.4 is 4.74 Å². The maximum Gasteiger partial charge on any atom is 0.119 e. The van der Waals surface area contributed by atoms with E-state index in [0.717, 1.165) is 5.56 Å². The number of aliphatic hydroxyl groups is 2. The Kier molecular flexibility index (Phi) is 4.33. The van der Waals surface area contributed by atoms with Gasteiger partial charge < -0.3 is 14.9 Å². The molecule has 1 rings (SSSR count). The summed E-state index contributed by atoms with van der Waals surface area (Å²) < 4.78 is 5.30. The Morgan fingerprint density at radius 3 is 2.56 bits per heavy atom. The van der Waals surface area contributed by atoms with Gasteiger partial charge in [0.05, 0.1) is 12.7 Å². The lowest BCUT2D eigenvalue weighted by Crippen LogP contribution is -2.17. The molecule has 0 saturated heterocycles. The summed E-state index contributed by atoms with van der Waals surface area (Å²) in [6.07, 6.45) is -0.523. The van der Waals surface area contributed by atoms with Gasteiger partial charge in [0, 0.05) is 0 Å². The molecule has 3 heteroatoms. The van der Waals surface area contributed by atoms with Crippen molar-refractivity contribution < 1.29 is 14.9 Å². The van der Waals surface area contributed by atoms with Crippen LogP contribution in [0.1, 0.15) is 32.4 Å². The molecular weight excluding hydrogens is 204 g/mol. The van der Waals surface area contributed by atoms with E-state index >= 15 is 0 Å². The smallest absolute Gasteiger partial charge is 0.119 e. The molecule has 0 aliphatic carbocycles. The van der Waals surface area contributed by atoms with Gasteiger partial charge in [-0.05, 0) is 23.1 Å². The van der Waals surface area contributed by atoms with Gasteiger partial charge in [0.25, 0.3) is 0 Å². The standard InChI is InChI=1S/C13H20O3/c1-13(2,3)12(15)10-5-4-6-11(9-10)16-8-7-14/h4-6,9,12,14-15H,7-8H2,1-3H3. The lowest BCUT2D eigenvalue weighted by Gasteiger charge is -2.26. The van der Waals surface area contributed by atoms with Crippen LogP contribution in [0.15, 0.2) is 24.3 Å². The van der Waals surface area contributed by atoms with Crippen LogP contribution in [0.3, 0.4) is 0 Å². The SMILES string of the molecule is CC(C)(C)C(O)c1cccc(OCCO)c1. The van der Waals surface area contributed by atoms with E-state index in [0.29, 0.717) is 5.75 Å². The van der Waals surface area contributed by atoms with Crippen molar-refractivity contribution in [3.63, 3.8) is 0 Å². The number of aliphatic hydroxyl groups excluding tert-OH is 2. The number of hydrogen-bond donors (Lipinski definition) is 2. The van der Waals surface area contributed by atoms with E-state index < -0.39 is 6.10 Å². The Morgan fingerprint density at radius 1 is 1.31 bits per heavy atom. The second-order valence-corrected chi connectivity index (χ2v) is 4.91. The van der Waals surface area contributed by atoms with E-state index in [4.69, 9.17) is 9.84 Å². The highest BCUT2D eigenvalue weighted by Gasteiger charge is 2.23. The first kappa shape index (κ1) is 13.0. The normalized spacial score (nSPS) is 13.6. The highest BCUT2D eigenvalue weighted by molar-refractivity contribution is 5.30. The van der Waals surface area contributed by atoms with Crippen LogP contribution in [0.25, 0.3) is 0 Å². The Hall–Kier alpha value is -1.06. The maximum absolute atomic E-state index is 10.1. The van der Waals surface area contributed by atoms with Gasteiger partial charge in [-0.25, -0.2) is 0 Å². The Bertz CT molecular complexity index is 328. The van der Waals surface area contributed by atoms with Crippen molar-refractivity contribution in [3.05, 3.63) is 29.8 Å². The summed E-state index contributed by atoms with van der Waals surface area (Å²) in [5.74, 6) is 0.676. The van der Waals surface area contributed by atoms with Crippen LogP contribution >= 0.6 is 0 Å². The Balaban J connectivity index is 2.81. The van der Waals surface area contributed by atoms with E-state index in [9.17, 15) is 5.11 Å². The molecule has 0 spiro atoms. The molecule has 0 bridgehead atoms. The summed E-state index contributed by atoms with van der Waals surface area (Å²) in [5.41, 5.74) is 0.637. The van der Waals surface area contributed by atoms with Crippen LogP contribution in [0, 0.1) is 5.41 Å². The molecule has 0 heterocycles. The third-order valence-corrected chi connectivity index (χ3v) is 2.35. The molecule has 3 nitrogen and oxygen atoms in total. The fourth-order valence-corrected chi connectivity index (χ4v) is 1.44. The molecule has 0 fully saturated rings. The first-order chi connectivity index (χ1) is 7.45. The summed E-state index contributed by atoms with van der Waals surface area (Å²) in [6, 6.07) is 7.35. The van der Waals surface area contributed by atoms with Crippen molar-refractivity contribution in [2.75, 3.05) is 13.2 Å². The van der Waals surface area contributed by atoms with Crippen LogP contribution in [0.4, 0.5) is 0 Å². The van der Waals surface area contributed by atoms with E-state index in [1.54, 1.807) is 0 Å². The number of benzene rings is 1. The van der Waals surface area contributed by atoms with Gasteiger partial charge in [-0.1, -0.05) is 32.9 Å². The average molecular weight is 224 g/mol. The minimum atomic E-state index is -0.523. The van der Waals surface area contributed by atoms with Gasteiger partial charge in [0.2, 0.25) is 0 Å². The largest absolute Gasteiger partial charge is 0.491 e. The van der Waals surface area contributed by atoms with Gasteiger partial charge in [0.1, 0.15) is 12.4 Å². The molecule has 0 radical (unpaired) electrons. The topological polar surface area (TPSA) is 49.7 Å². The molecule has 1 aromatic rings. The lowest BCUT2D eigenvalue weighted by atomic mass is 9.85. The maximum atomic E-state index is 10.1. The summed E-state index contributed by atoms with van der Waals surface area (Å²) in [5, 5.41) is 18.8. The monoisotopic (exact) mass is 224 g/mol. The van der Waals surface area contributed by atoms with Gasteiger partial charge in [-0.15, -0.1) is 0 Å². The van der Waals surface area contributed by atoms with Crippen LogP contribution in [0.2, 0.25) is 0 Å². The van der Waals surface area contributed by atoms with Crippen molar-refractivity contribution in [1.82, 2.24) is 0 Å². The Morgan fingerprint density at radius 2 is 2.00 bits per heavy atom. The minimum absolute atomic E-state index is 0.00788. The molecule has 2 N–H and O–H groups in total.